The molecule has 0 aromatic heterocycles. The molecule has 0 radical (unpaired) electrons. The summed E-state index contributed by atoms with van der Waals surface area (Å²) >= 11 is 0. The summed E-state index contributed by atoms with van der Waals surface area (Å²) in [6, 6.07) is 0. The van der Waals surface area contributed by atoms with Crippen molar-refractivity contribution in [3.63, 3.8) is 0 Å². The smallest absolute Gasteiger partial charge is 0.305 e. The lowest BCUT2D eigenvalue weighted by Gasteiger charge is -2.17. The number of hydrogen-bond donors (Lipinski definition) is 1. The molecule has 0 aromatic carbocycles. The van der Waals surface area contributed by atoms with Gasteiger partial charge in [0.1, 0.15) is 6.61 Å². The van der Waals surface area contributed by atoms with Gasteiger partial charge in [-0.3, -0.25) is 4.79 Å². The quantitative estimate of drug-likeness (QED) is 0.225. The molecule has 150 valence electrons. The molecule has 0 heterocycles. The minimum Gasteiger partial charge on any atom is -0.464 e. The Morgan fingerprint density at radius 1 is 0.720 bits per heavy atom. The van der Waals surface area contributed by atoms with Crippen molar-refractivity contribution in [1.82, 2.24) is 0 Å². The van der Waals surface area contributed by atoms with Crippen molar-refractivity contribution < 1.29 is 9.53 Å². The number of carbonyl (C=O) groups is 1. The van der Waals surface area contributed by atoms with E-state index in [0.717, 1.165) is 12.8 Å². The van der Waals surface area contributed by atoms with Crippen molar-refractivity contribution in [3.05, 3.63) is 0 Å². The second kappa shape index (κ2) is 16.9. The Morgan fingerprint density at radius 2 is 1.08 bits per heavy atom. The number of hydrogen-bond acceptors (Lipinski definition) is 3. The lowest BCUT2D eigenvalue weighted by atomic mass is 10.0. The number of ether oxygens (including phenoxy) is 1. The maximum absolute atomic E-state index is 11.5. The third kappa shape index (κ3) is 21.4. The SMILES string of the molecule is CCCCCCCCCCCCCCCCCC(=O)OCC(C)(C)N. The van der Waals surface area contributed by atoms with Gasteiger partial charge in [-0.05, 0) is 20.3 Å². The molecule has 3 heteroatoms. The molecule has 0 aromatic rings. The molecule has 0 aliphatic heterocycles. The minimum absolute atomic E-state index is 0.104. The molecular formula is C22H45NO2. The third-order valence-electron chi connectivity index (χ3n) is 4.59. The molecule has 0 aliphatic rings. The average molecular weight is 356 g/mol. The normalized spacial score (nSPS) is 11.7. The van der Waals surface area contributed by atoms with Crippen LogP contribution in [0.2, 0.25) is 0 Å². The van der Waals surface area contributed by atoms with Gasteiger partial charge in [0.2, 0.25) is 0 Å². The van der Waals surface area contributed by atoms with Crippen LogP contribution in [0.25, 0.3) is 0 Å². The Hall–Kier alpha value is -0.570. The monoisotopic (exact) mass is 355 g/mol. The standard InChI is InChI=1S/C22H45NO2/c1-4-5-6-7-8-9-10-11-12-13-14-15-16-17-18-19-21(24)25-20-22(2,3)23/h4-20,23H2,1-3H3. The molecule has 0 aliphatic carbocycles. The van der Waals surface area contributed by atoms with Crippen LogP contribution in [0.5, 0.6) is 0 Å². The third-order valence-corrected chi connectivity index (χ3v) is 4.59. The maximum atomic E-state index is 11.5. The molecule has 0 amide bonds. The second-order valence-corrected chi connectivity index (χ2v) is 8.35. The summed E-state index contributed by atoms with van der Waals surface area (Å²) < 4.78 is 5.16. The Bertz CT molecular complexity index is 297. The van der Waals surface area contributed by atoms with Crippen LogP contribution in [0.1, 0.15) is 124 Å². The number of carbonyl (C=O) groups excluding carboxylic acids is 1. The predicted molar refractivity (Wildman–Crippen MR) is 109 cm³/mol. The predicted octanol–water partition coefficient (Wildman–Crippen LogP) is 6.53. The van der Waals surface area contributed by atoms with E-state index in [0.29, 0.717) is 13.0 Å². The van der Waals surface area contributed by atoms with Crippen LogP contribution in [-0.2, 0) is 9.53 Å². The molecule has 0 saturated carbocycles. The van der Waals surface area contributed by atoms with Gasteiger partial charge in [-0.25, -0.2) is 0 Å². The van der Waals surface area contributed by atoms with Crippen LogP contribution < -0.4 is 5.73 Å². The summed E-state index contributed by atoms with van der Waals surface area (Å²) in [5, 5.41) is 0. The van der Waals surface area contributed by atoms with E-state index in [9.17, 15) is 4.79 Å². The van der Waals surface area contributed by atoms with Crippen LogP contribution in [0.3, 0.4) is 0 Å². The molecule has 3 nitrogen and oxygen atoms in total. The first-order valence-corrected chi connectivity index (χ1v) is 10.9. The first-order chi connectivity index (χ1) is 12.0. The lowest BCUT2D eigenvalue weighted by Crippen LogP contribution is -2.38. The topological polar surface area (TPSA) is 52.3 Å². The first-order valence-electron chi connectivity index (χ1n) is 10.9. The van der Waals surface area contributed by atoms with E-state index in [4.69, 9.17) is 10.5 Å². The summed E-state index contributed by atoms with van der Waals surface area (Å²) in [6.07, 6.45) is 20.6. The summed E-state index contributed by atoms with van der Waals surface area (Å²) in [6.45, 7) is 6.32. The van der Waals surface area contributed by atoms with Crippen molar-refractivity contribution in [1.29, 1.82) is 0 Å². The molecule has 0 spiro atoms. The second-order valence-electron chi connectivity index (χ2n) is 8.35. The maximum Gasteiger partial charge on any atom is 0.305 e. The van der Waals surface area contributed by atoms with Crippen molar-refractivity contribution >= 4 is 5.97 Å². The fourth-order valence-electron chi connectivity index (χ4n) is 2.98. The van der Waals surface area contributed by atoms with Gasteiger partial charge >= 0.3 is 5.97 Å². The van der Waals surface area contributed by atoms with Crippen LogP contribution >= 0.6 is 0 Å². The average Bonchev–Trinajstić information content (AvgIpc) is 2.56. The number of rotatable bonds is 18. The highest BCUT2D eigenvalue weighted by molar-refractivity contribution is 5.69. The molecule has 0 bridgehead atoms. The Kier molecular flexibility index (Phi) is 16.5. The molecule has 0 fully saturated rings. The fourth-order valence-corrected chi connectivity index (χ4v) is 2.98. The molecule has 25 heavy (non-hydrogen) atoms. The number of unbranched alkanes of at least 4 members (excludes halogenated alkanes) is 14. The van der Waals surface area contributed by atoms with Gasteiger partial charge in [0.15, 0.2) is 0 Å². The van der Waals surface area contributed by atoms with Crippen LogP contribution in [0.4, 0.5) is 0 Å². The minimum atomic E-state index is -0.426. The van der Waals surface area contributed by atoms with E-state index in [2.05, 4.69) is 6.92 Å². The van der Waals surface area contributed by atoms with Gasteiger partial charge in [-0.15, -0.1) is 0 Å². The number of esters is 1. The van der Waals surface area contributed by atoms with Gasteiger partial charge in [-0.1, -0.05) is 96.8 Å². The zero-order valence-electron chi connectivity index (χ0n) is 17.4. The van der Waals surface area contributed by atoms with E-state index >= 15 is 0 Å². The van der Waals surface area contributed by atoms with Crippen LogP contribution in [0, 0.1) is 0 Å². The van der Waals surface area contributed by atoms with Gasteiger partial charge in [-0.2, -0.15) is 0 Å². The highest BCUT2D eigenvalue weighted by atomic mass is 16.5. The summed E-state index contributed by atoms with van der Waals surface area (Å²) in [7, 11) is 0. The van der Waals surface area contributed by atoms with E-state index in [-0.39, 0.29) is 5.97 Å². The first kappa shape index (κ1) is 24.4. The zero-order chi connectivity index (χ0) is 18.8. The summed E-state index contributed by atoms with van der Waals surface area (Å²) in [5.74, 6) is -0.104. The van der Waals surface area contributed by atoms with Crippen LogP contribution in [-0.4, -0.2) is 18.1 Å². The zero-order valence-corrected chi connectivity index (χ0v) is 17.4. The Balaban J connectivity index is 3.15. The lowest BCUT2D eigenvalue weighted by molar-refractivity contribution is -0.145. The van der Waals surface area contributed by atoms with Gasteiger partial charge < -0.3 is 10.5 Å². The van der Waals surface area contributed by atoms with E-state index in [1.807, 2.05) is 13.8 Å². The molecule has 2 N–H and O–H groups in total. The number of nitrogens with two attached hydrogens (primary N) is 1. The van der Waals surface area contributed by atoms with Crippen LogP contribution in [0.15, 0.2) is 0 Å². The molecule has 0 saturated heterocycles. The van der Waals surface area contributed by atoms with Crippen molar-refractivity contribution in [2.24, 2.45) is 5.73 Å². The summed E-state index contributed by atoms with van der Waals surface area (Å²) in [5.41, 5.74) is 5.37. The molecule has 0 atom stereocenters. The van der Waals surface area contributed by atoms with E-state index in [1.54, 1.807) is 0 Å². The van der Waals surface area contributed by atoms with Crippen molar-refractivity contribution in [2.75, 3.05) is 6.61 Å². The fraction of sp³-hybridized carbons (Fsp3) is 0.955. The Labute approximate surface area is 157 Å². The van der Waals surface area contributed by atoms with E-state index < -0.39 is 5.54 Å². The highest BCUT2D eigenvalue weighted by Crippen LogP contribution is 2.13. The molecule has 0 rings (SSSR count). The molecule has 0 unspecified atom stereocenters. The van der Waals surface area contributed by atoms with Gasteiger partial charge in [0.05, 0.1) is 0 Å². The van der Waals surface area contributed by atoms with Crippen molar-refractivity contribution in [2.45, 2.75) is 129 Å². The van der Waals surface area contributed by atoms with E-state index in [1.165, 1.54) is 83.5 Å². The van der Waals surface area contributed by atoms with Gasteiger partial charge in [0, 0.05) is 12.0 Å². The summed E-state index contributed by atoms with van der Waals surface area (Å²) in [4.78, 5) is 11.5. The highest BCUT2D eigenvalue weighted by Gasteiger charge is 2.13. The Morgan fingerprint density at radius 3 is 1.44 bits per heavy atom. The van der Waals surface area contributed by atoms with Gasteiger partial charge in [0.25, 0.3) is 0 Å². The van der Waals surface area contributed by atoms with Crippen molar-refractivity contribution in [3.8, 4) is 0 Å². The molecular weight excluding hydrogens is 310 g/mol. The largest absolute Gasteiger partial charge is 0.464 e.